The number of aliphatic hydroxyl groups is 1. The average molecular weight is 216 g/mol. The molecule has 14 heavy (non-hydrogen) atoms. The zero-order chi connectivity index (χ0) is 10.8. The van der Waals surface area contributed by atoms with Crippen LogP contribution in [0.4, 0.5) is 0 Å². The van der Waals surface area contributed by atoms with Gasteiger partial charge in [-0.25, -0.2) is 0 Å². The zero-order valence-corrected chi connectivity index (χ0v) is 9.81. The van der Waals surface area contributed by atoms with E-state index in [-0.39, 0.29) is 11.5 Å². The van der Waals surface area contributed by atoms with Crippen molar-refractivity contribution in [2.45, 2.75) is 32.8 Å². The Morgan fingerprint density at radius 3 is 2.43 bits per heavy atom. The fraction of sp³-hybridized carbons (Fsp3) is 0.900. The number of hydrogen-bond acceptors (Lipinski definition) is 3. The van der Waals surface area contributed by atoms with Crippen LogP contribution in [-0.4, -0.2) is 40.7 Å². The Balaban J connectivity index is 2.42. The molecule has 1 aliphatic rings. The van der Waals surface area contributed by atoms with E-state index in [1.165, 1.54) is 0 Å². The summed E-state index contributed by atoms with van der Waals surface area (Å²) in [5, 5.41) is 9.25. The minimum Gasteiger partial charge on any atom is -0.393 e. The molecule has 1 heterocycles. The molecule has 3 N–H and O–H groups in total. The standard InChI is InChI=1S/C10H20N2OS/c1-8(13)7-12-5-3-10(2,4-6-12)9(11)14/h8,13H,3-7H2,1-2H3,(H2,11,14). The Hall–Kier alpha value is -0.190. The molecule has 0 aromatic heterocycles. The van der Waals surface area contributed by atoms with Crippen molar-refractivity contribution in [1.82, 2.24) is 4.90 Å². The monoisotopic (exact) mass is 216 g/mol. The molecule has 1 rings (SSSR count). The Bertz CT molecular complexity index is 210. The summed E-state index contributed by atoms with van der Waals surface area (Å²) in [4.78, 5) is 2.90. The second kappa shape index (κ2) is 4.55. The second-order valence-electron chi connectivity index (χ2n) is 4.57. The number of nitrogens with two attached hydrogens (primary N) is 1. The smallest absolute Gasteiger partial charge is 0.0788 e. The van der Waals surface area contributed by atoms with Gasteiger partial charge in [0.15, 0.2) is 0 Å². The number of hydrogen-bond donors (Lipinski definition) is 2. The van der Waals surface area contributed by atoms with Crippen LogP contribution in [-0.2, 0) is 0 Å². The summed E-state index contributed by atoms with van der Waals surface area (Å²) in [5.41, 5.74) is 5.74. The lowest BCUT2D eigenvalue weighted by Gasteiger charge is -2.39. The van der Waals surface area contributed by atoms with Gasteiger partial charge in [-0.15, -0.1) is 0 Å². The maximum atomic E-state index is 9.25. The van der Waals surface area contributed by atoms with E-state index in [4.69, 9.17) is 18.0 Å². The summed E-state index contributed by atoms with van der Waals surface area (Å²) in [6.07, 6.45) is 1.77. The van der Waals surface area contributed by atoms with Crippen LogP contribution in [0, 0.1) is 5.41 Å². The van der Waals surface area contributed by atoms with Crippen molar-refractivity contribution in [2.24, 2.45) is 11.1 Å². The van der Waals surface area contributed by atoms with Gasteiger partial charge < -0.3 is 15.7 Å². The van der Waals surface area contributed by atoms with Crippen molar-refractivity contribution < 1.29 is 5.11 Å². The molecule has 1 saturated heterocycles. The van der Waals surface area contributed by atoms with Gasteiger partial charge in [0.25, 0.3) is 0 Å². The van der Waals surface area contributed by atoms with Gasteiger partial charge >= 0.3 is 0 Å². The molecule has 1 atom stereocenters. The van der Waals surface area contributed by atoms with E-state index in [1.807, 2.05) is 6.92 Å². The lowest BCUT2D eigenvalue weighted by molar-refractivity contribution is 0.0924. The van der Waals surface area contributed by atoms with Crippen LogP contribution in [0.15, 0.2) is 0 Å². The van der Waals surface area contributed by atoms with Crippen LogP contribution in [0.2, 0.25) is 0 Å². The summed E-state index contributed by atoms with van der Waals surface area (Å²) >= 11 is 5.07. The van der Waals surface area contributed by atoms with Crippen molar-refractivity contribution in [1.29, 1.82) is 0 Å². The molecule has 0 spiro atoms. The van der Waals surface area contributed by atoms with Gasteiger partial charge in [-0.3, -0.25) is 0 Å². The Labute approximate surface area is 91.3 Å². The first-order valence-electron chi connectivity index (χ1n) is 5.14. The summed E-state index contributed by atoms with van der Waals surface area (Å²) in [7, 11) is 0. The molecule has 1 unspecified atom stereocenters. The molecule has 1 aliphatic heterocycles. The van der Waals surface area contributed by atoms with Crippen LogP contribution < -0.4 is 5.73 Å². The summed E-state index contributed by atoms with van der Waals surface area (Å²) in [5.74, 6) is 0. The van der Waals surface area contributed by atoms with E-state index in [0.29, 0.717) is 4.99 Å². The first-order chi connectivity index (χ1) is 6.44. The SMILES string of the molecule is CC(O)CN1CCC(C)(C(N)=S)CC1. The third kappa shape index (κ3) is 2.90. The van der Waals surface area contributed by atoms with Gasteiger partial charge in [-0.2, -0.15) is 0 Å². The van der Waals surface area contributed by atoms with Crippen molar-refractivity contribution in [3.63, 3.8) is 0 Å². The van der Waals surface area contributed by atoms with Crippen molar-refractivity contribution in [3.8, 4) is 0 Å². The minimum absolute atomic E-state index is 0.0323. The molecule has 4 heteroatoms. The van der Waals surface area contributed by atoms with Crippen LogP contribution in [0.3, 0.4) is 0 Å². The molecule has 3 nitrogen and oxygen atoms in total. The van der Waals surface area contributed by atoms with Crippen LogP contribution >= 0.6 is 12.2 Å². The van der Waals surface area contributed by atoms with Crippen molar-refractivity contribution in [3.05, 3.63) is 0 Å². The van der Waals surface area contributed by atoms with Crippen molar-refractivity contribution >= 4 is 17.2 Å². The predicted octanol–water partition coefficient (Wildman–Crippen LogP) is 0.755. The maximum absolute atomic E-state index is 9.25. The lowest BCUT2D eigenvalue weighted by Crippen LogP contribution is -2.46. The first-order valence-corrected chi connectivity index (χ1v) is 5.55. The molecule has 0 aromatic carbocycles. The normalized spacial score (nSPS) is 24.5. The number of aliphatic hydroxyl groups excluding tert-OH is 1. The molecule has 0 amide bonds. The Kier molecular flexibility index (Phi) is 3.86. The molecule has 0 bridgehead atoms. The van der Waals surface area contributed by atoms with Crippen LogP contribution in [0.25, 0.3) is 0 Å². The predicted molar refractivity (Wildman–Crippen MR) is 62.2 cm³/mol. The zero-order valence-electron chi connectivity index (χ0n) is 8.99. The number of thiocarbonyl (C=S) groups is 1. The number of piperidine rings is 1. The largest absolute Gasteiger partial charge is 0.393 e. The average Bonchev–Trinajstić information content (AvgIpc) is 2.08. The van der Waals surface area contributed by atoms with Gasteiger partial charge in [0.05, 0.1) is 11.1 Å². The fourth-order valence-corrected chi connectivity index (χ4v) is 2.05. The van der Waals surface area contributed by atoms with E-state index in [0.717, 1.165) is 32.5 Å². The van der Waals surface area contributed by atoms with Gasteiger partial charge in [0.2, 0.25) is 0 Å². The van der Waals surface area contributed by atoms with Gasteiger partial charge in [-0.05, 0) is 32.9 Å². The number of likely N-dealkylation sites (tertiary alicyclic amines) is 1. The molecule has 0 aromatic rings. The molecule has 0 radical (unpaired) electrons. The molecule has 0 saturated carbocycles. The van der Waals surface area contributed by atoms with E-state index >= 15 is 0 Å². The highest BCUT2D eigenvalue weighted by molar-refractivity contribution is 7.80. The molecular formula is C10H20N2OS. The molecule has 0 aliphatic carbocycles. The molecule has 82 valence electrons. The number of nitrogens with zero attached hydrogens (tertiary/aromatic N) is 1. The van der Waals surface area contributed by atoms with E-state index in [2.05, 4.69) is 11.8 Å². The Morgan fingerprint density at radius 1 is 1.57 bits per heavy atom. The third-order valence-electron chi connectivity index (χ3n) is 3.08. The van der Waals surface area contributed by atoms with Crippen LogP contribution in [0.1, 0.15) is 26.7 Å². The molecule has 1 fully saturated rings. The summed E-state index contributed by atoms with van der Waals surface area (Å²) in [6.45, 7) is 6.68. The highest BCUT2D eigenvalue weighted by atomic mass is 32.1. The number of rotatable bonds is 3. The van der Waals surface area contributed by atoms with Gasteiger partial charge in [0, 0.05) is 12.0 Å². The fourth-order valence-electron chi connectivity index (χ4n) is 1.85. The lowest BCUT2D eigenvalue weighted by atomic mass is 9.80. The van der Waals surface area contributed by atoms with Crippen molar-refractivity contribution in [2.75, 3.05) is 19.6 Å². The second-order valence-corrected chi connectivity index (χ2v) is 5.01. The topological polar surface area (TPSA) is 49.5 Å². The highest BCUT2D eigenvalue weighted by Gasteiger charge is 2.32. The van der Waals surface area contributed by atoms with Gasteiger partial charge in [-0.1, -0.05) is 19.1 Å². The van der Waals surface area contributed by atoms with E-state index in [9.17, 15) is 5.11 Å². The third-order valence-corrected chi connectivity index (χ3v) is 3.57. The van der Waals surface area contributed by atoms with E-state index < -0.39 is 0 Å². The summed E-state index contributed by atoms with van der Waals surface area (Å²) < 4.78 is 0. The quantitative estimate of drug-likeness (QED) is 0.684. The maximum Gasteiger partial charge on any atom is 0.0788 e. The van der Waals surface area contributed by atoms with E-state index in [1.54, 1.807) is 0 Å². The van der Waals surface area contributed by atoms with Gasteiger partial charge in [0.1, 0.15) is 0 Å². The molecular weight excluding hydrogens is 196 g/mol. The minimum atomic E-state index is -0.246. The Morgan fingerprint density at radius 2 is 2.07 bits per heavy atom. The summed E-state index contributed by atoms with van der Waals surface area (Å²) in [6, 6.07) is 0. The van der Waals surface area contributed by atoms with Crippen LogP contribution in [0.5, 0.6) is 0 Å². The first kappa shape index (κ1) is 11.9. The number of β-amino-alcohol motifs (C(OH)–C–C–N with tert-alkyl or cyclic N) is 1. The highest BCUT2D eigenvalue weighted by Crippen LogP contribution is 2.30.